The minimum Gasteiger partial charge on any atom is -0.479 e. The van der Waals surface area contributed by atoms with E-state index in [0.717, 1.165) is 0 Å². The van der Waals surface area contributed by atoms with Gasteiger partial charge in [0.15, 0.2) is 6.04 Å². The Balaban J connectivity index is 2.25. The average Bonchev–Trinajstić information content (AvgIpc) is 2.86. The topological polar surface area (TPSA) is 71.3 Å². The van der Waals surface area contributed by atoms with E-state index in [1.165, 1.54) is 6.07 Å². The van der Waals surface area contributed by atoms with E-state index in [9.17, 15) is 14.7 Å². The highest BCUT2D eigenvalue weighted by Crippen LogP contribution is 2.17. The van der Waals surface area contributed by atoms with Crippen molar-refractivity contribution < 1.29 is 14.7 Å². The van der Waals surface area contributed by atoms with Crippen molar-refractivity contribution in [2.75, 3.05) is 0 Å². The molecule has 0 aliphatic carbocycles. The number of carbonyl (C=O) groups excluding carboxylic acids is 1. The first kappa shape index (κ1) is 15.1. The van der Waals surface area contributed by atoms with Crippen LogP contribution in [0.15, 0.2) is 42.6 Å². The molecule has 0 fully saturated rings. The van der Waals surface area contributed by atoms with Crippen LogP contribution in [0.4, 0.5) is 0 Å². The molecule has 0 radical (unpaired) electrons. The van der Waals surface area contributed by atoms with Crippen LogP contribution in [0.2, 0.25) is 5.02 Å². The van der Waals surface area contributed by atoms with E-state index < -0.39 is 17.9 Å². The molecular weight excluding hydrogens is 292 g/mol. The zero-order chi connectivity index (χ0) is 15.4. The normalized spacial score (nSPS) is 11.9. The van der Waals surface area contributed by atoms with Crippen LogP contribution in [0.3, 0.4) is 0 Å². The number of aliphatic carboxylic acids is 1. The van der Waals surface area contributed by atoms with Gasteiger partial charge in [0.1, 0.15) is 5.69 Å². The van der Waals surface area contributed by atoms with Gasteiger partial charge in [0.05, 0.1) is 5.02 Å². The van der Waals surface area contributed by atoms with Crippen LogP contribution in [0.1, 0.15) is 29.0 Å². The van der Waals surface area contributed by atoms with Crippen LogP contribution in [0.5, 0.6) is 0 Å². The third kappa shape index (κ3) is 3.44. The van der Waals surface area contributed by atoms with Crippen LogP contribution in [-0.4, -0.2) is 21.6 Å². The minimum absolute atomic E-state index is 0.338. The van der Waals surface area contributed by atoms with E-state index in [4.69, 9.17) is 11.6 Å². The Labute approximate surface area is 127 Å². The zero-order valence-corrected chi connectivity index (χ0v) is 12.2. The fourth-order valence-corrected chi connectivity index (χ4v) is 2.29. The molecule has 1 amide bonds. The number of rotatable bonds is 5. The predicted molar refractivity (Wildman–Crippen MR) is 79.4 cm³/mol. The van der Waals surface area contributed by atoms with Crippen LogP contribution < -0.4 is 5.32 Å². The van der Waals surface area contributed by atoms with Crippen molar-refractivity contribution >= 4 is 23.5 Å². The summed E-state index contributed by atoms with van der Waals surface area (Å²) in [5.74, 6) is -1.59. The highest BCUT2D eigenvalue weighted by atomic mass is 35.5. The summed E-state index contributed by atoms with van der Waals surface area (Å²) in [5, 5.41) is 12.3. The molecular formula is C15H15ClN2O3. The highest BCUT2D eigenvalue weighted by Gasteiger charge is 2.24. The largest absolute Gasteiger partial charge is 0.479 e. The van der Waals surface area contributed by atoms with Crippen molar-refractivity contribution in [3.8, 4) is 0 Å². The summed E-state index contributed by atoms with van der Waals surface area (Å²) in [7, 11) is 0. The second-order valence-corrected chi connectivity index (χ2v) is 4.92. The monoisotopic (exact) mass is 306 g/mol. The van der Waals surface area contributed by atoms with Crippen molar-refractivity contribution in [3.05, 3.63) is 58.9 Å². The molecule has 1 aromatic carbocycles. The number of carboxylic acids is 1. The molecule has 110 valence electrons. The Bertz CT molecular complexity index is 652. The number of hydrogen-bond acceptors (Lipinski definition) is 2. The third-order valence-electron chi connectivity index (χ3n) is 3.09. The van der Waals surface area contributed by atoms with Gasteiger partial charge in [-0.2, -0.15) is 0 Å². The maximum Gasteiger partial charge on any atom is 0.330 e. The molecule has 0 saturated heterocycles. The Kier molecular flexibility index (Phi) is 4.65. The molecule has 2 rings (SSSR count). The number of carboxylic acid groups (broad SMARTS) is 1. The van der Waals surface area contributed by atoms with E-state index >= 15 is 0 Å². The number of hydrogen-bond donors (Lipinski definition) is 2. The summed E-state index contributed by atoms with van der Waals surface area (Å²) in [6.07, 6.45) is 1.63. The highest BCUT2D eigenvalue weighted by molar-refractivity contribution is 6.31. The number of aryl methyl sites for hydroxylation is 1. The lowest BCUT2D eigenvalue weighted by Gasteiger charge is -2.15. The van der Waals surface area contributed by atoms with Crippen molar-refractivity contribution in [1.29, 1.82) is 0 Å². The van der Waals surface area contributed by atoms with Gasteiger partial charge in [0, 0.05) is 12.7 Å². The van der Waals surface area contributed by atoms with E-state index in [1.54, 1.807) is 41.1 Å². The molecule has 0 aliphatic heterocycles. The standard InChI is InChI=1S/C15H15ClN2O3/c1-2-18-9-11(16)8-12(18)14(19)17-13(15(20)21)10-6-4-3-5-7-10/h3-9,13H,2H2,1H3,(H,17,19)(H,20,21)/t13-/m1/s1. The molecule has 0 spiro atoms. The summed E-state index contributed by atoms with van der Waals surface area (Å²) in [6.45, 7) is 2.44. The second-order valence-electron chi connectivity index (χ2n) is 4.48. The molecule has 21 heavy (non-hydrogen) atoms. The maximum atomic E-state index is 12.3. The fourth-order valence-electron chi connectivity index (χ4n) is 2.06. The van der Waals surface area contributed by atoms with Gasteiger partial charge in [-0.3, -0.25) is 4.79 Å². The van der Waals surface area contributed by atoms with Crippen molar-refractivity contribution in [3.63, 3.8) is 0 Å². The van der Waals surface area contributed by atoms with Gasteiger partial charge < -0.3 is 15.0 Å². The quantitative estimate of drug-likeness (QED) is 0.892. The smallest absolute Gasteiger partial charge is 0.330 e. The van der Waals surface area contributed by atoms with Gasteiger partial charge >= 0.3 is 5.97 Å². The summed E-state index contributed by atoms with van der Waals surface area (Å²) in [5.41, 5.74) is 0.851. The second kappa shape index (κ2) is 6.45. The molecule has 2 aromatic rings. The molecule has 0 saturated carbocycles. The Morgan fingerprint density at radius 1 is 1.33 bits per heavy atom. The Morgan fingerprint density at radius 3 is 2.57 bits per heavy atom. The van der Waals surface area contributed by atoms with Crippen LogP contribution in [-0.2, 0) is 11.3 Å². The molecule has 1 aromatic heterocycles. The van der Waals surface area contributed by atoms with E-state index in [2.05, 4.69) is 5.32 Å². The molecule has 0 aliphatic rings. The lowest BCUT2D eigenvalue weighted by Crippen LogP contribution is -2.34. The van der Waals surface area contributed by atoms with Crippen LogP contribution in [0, 0.1) is 0 Å². The molecule has 2 N–H and O–H groups in total. The molecule has 0 unspecified atom stereocenters. The summed E-state index contributed by atoms with van der Waals surface area (Å²) >= 11 is 5.89. The molecule has 0 bridgehead atoms. The number of nitrogens with one attached hydrogen (secondary N) is 1. The number of halogens is 1. The Morgan fingerprint density at radius 2 is 2.00 bits per heavy atom. The fraction of sp³-hybridized carbons (Fsp3) is 0.200. The lowest BCUT2D eigenvalue weighted by atomic mass is 10.1. The van der Waals surface area contributed by atoms with E-state index in [0.29, 0.717) is 22.8 Å². The molecule has 5 nitrogen and oxygen atoms in total. The van der Waals surface area contributed by atoms with Crippen molar-refractivity contribution in [2.24, 2.45) is 0 Å². The summed E-state index contributed by atoms with van der Waals surface area (Å²) < 4.78 is 1.67. The van der Waals surface area contributed by atoms with Crippen molar-refractivity contribution in [1.82, 2.24) is 9.88 Å². The molecule has 1 atom stereocenters. The maximum absolute atomic E-state index is 12.3. The van der Waals surface area contributed by atoms with Gasteiger partial charge in [-0.1, -0.05) is 41.9 Å². The first-order valence-electron chi connectivity index (χ1n) is 6.47. The van der Waals surface area contributed by atoms with Gasteiger partial charge in [-0.15, -0.1) is 0 Å². The van der Waals surface area contributed by atoms with E-state index in [1.807, 2.05) is 6.92 Å². The first-order valence-corrected chi connectivity index (χ1v) is 6.85. The van der Waals surface area contributed by atoms with Gasteiger partial charge in [0.25, 0.3) is 5.91 Å². The van der Waals surface area contributed by atoms with E-state index in [-0.39, 0.29) is 0 Å². The van der Waals surface area contributed by atoms with Crippen LogP contribution >= 0.6 is 11.6 Å². The minimum atomic E-state index is -1.12. The summed E-state index contributed by atoms with van der Waals surface area (Å²) in [6, 6.07) is 8.97. The number of aromatic nitrogens is 1. The lowest BCUT2D eigenvalue weighted by molar-refractivity contribution is -0.139. The van der Waals surface area contributed by atoms with Gasteiger partial charge in [-0.05, 0) is 18.6 Å². The summed E-state index contributed by atoms with van der Waals surface area (Å²) in [4.78, 5) is 23.7. The first-order chi connectivity index (χ1) is 10.0. The van der Waals surface area contributed by atoms with Gasteiger partial charge in [-0.25, -0.2) is 4.79 Å². The molecule has 1 heterocycles. The SMILES string of the molecule is CCn1cc(Cl)cc1C(=O)N[C@@H](C(=O)O)c1ccccc1. The Hall–Kier alpha value is -2.27. The number of benzene rings is 1. The predicted octanol–water partition coefficient (Wildman–Crippen LogP) is 2.72. The third-order valence-corrected chi connectivity index (χ3v) is 3.30. The number of nitrogens with zero attached hydrogens (tertiary/aromatic N) is 1. The zero-order valence-electron chi connectivity index (χ0n) is 11.4. The average molecular weight is 307 g/mol. The number of amides is 1. The van der Waals surface area contributed by atoms with Crippen LogP contribution in [0.25, 0.3) is 0 Å². The number of carbonyl (C=O) groups is 2. The van der Waals surface area contributed by atoms with Crippen molar-refractivity contribution in [2.45, 2.75) is 19.5 Å². The van der Waals surface area contributed by atoms with Gasteiger partial charge in [0.2, 0.25) is 0 Å². The molecule has 6 heteroatoms.